The third-order valence-electron chi connectivity index (χ3n) is 3.98. The molecule has 5 nitrogen and oxygen atoms in total. The first-order valence-corrected chi connectivity index (χ1v) is 7.18. The van der Waals surface area contributed by atoms with Crippen molar-refractivity contribution in [3.63, 3.8) is 0 Å². The van der Waals surface area contributed by atoms with E-state index in [9.17, 15) is 14.4 Å². The summed E-state index contributed by atoms with van der Waals surface area (Å²) in [5, 5.41) is 0. The third-order valence-corrected chi connectivity index (χ3v) is 3.98. The van der Waals surface area contributed by atoms with Crippen molar-refractivity contribution in [2.24, 2.45) is 17.3 Å². The van der Waals surface area contributed by atoms with Gasteiger partial charge in [-0.05, 0) is 31.6 Å². The van der Waals surface area contributed by atoms with E-state index in [1.165, 1.54) is 0 Å². The average Bonchev–Trinajstić information content (AvgIpc) is 2.35. The summed E-state index contributed by atoms with van der Waals surface area (Å²) in [6.07, 6.45) is 1.41. The monoisotopic (exact) mass is 284 g/mol. The maximum absolute atomic E-state index is 12.1. The zero-order valence-electron chi connectivity index (χ0n) is 12.7. The van der Waals surface area contributed by atoms with Crippen molar-refractivity contribution in [3.05, 3.63) is 0 Å². The number of ether oxygens (including phenoxy) is 2. The van der Waals surface area contributed by atoms with E-state index < -0.39 is 17.9 Å². The zero-order chi connectivity index (χ0) is 15.3. The van der Waals surface area contributed by atoms with Crippen LogP contribution in [-0.4, -0.2) is 30.9 Å². The van der Waals surface area contributed by atoms with Crippen molar-refractivity contribution in [2.75, 3.05) is 13.2 Å². The zero-order valence-corrected chi connectivity index (χ0v) is 12.7. The van der Waals surface area contributed by atoms with Gasteiger partial charge in [-0.2, -0.15) is 0 Å². The van der Waals surface area contributed by atoms with Gasteiger partial charge in [0.2, 0.25) is 0 Å². The molecule has 0 heterocycles. The lowest BCUT2D eigenvalue weighted by Crippen LogP contribution is -2.44. The molecule has 1 unspecified atom stereocenters. The van der Waals surface area contributed by atoms with E-state index in [1.807, 2.05) is 13.8 Å². The van der Waals surface area contributed by atoms with Crippen LogP contribution in [0, 0.1) is 17.3 Å². The van der Waals surface area contributed by atoms with Crippen LogP contribution < -0.4 is 0 Å². The molecule has 1 rings (SSSR count). The molecule has 0 N–H and O–H groups in total. The van der Waals surface area contributed by atoms with Crippen molar-refractivity contribution in [1.29, 1.82) is 0 Å². The van der Waals surface area contributed by atoms with E-state index in [-0.39, 0.29) is 36.8 Å². The smallest absolute Gasteiger partial charge is 0.320 e. The van der Waals surface area contributed by atoms with Gasteiger partial charge < -0.3 is 9.47 Å². The highest BCUT2D eigenvalue weighted by Crippen LogP contribution is 2.44. The minimum atomic E-state index is -1.01. The van der Waals surface area contributed by atoms with Crippen molar-refractivity contribution >= 4 is 17.7 Å². The van der Waals surface area contributed by atoms with Crippen molar-refractivity contribution in [1.82, 2.24) is 0 Å². The van der Waals surface area contributed by atoms with Gasteiger partial charge >= 0.3 is 11.9 Å². The number of carbonyl (C=O) groups excluding carboxylic acids is 3. The second kappa shape index (κ2) is 6.86. The third kappa shape index (κ3) is 3.81. The Balaban J connectivity index is 3.03. The Hall–Kier alpha value is -1.39. The van der Waals surface area contributed by atoms with Crippen LogP contribution in [0.4, 0.5) is 0 Å². The standard InChI is InChI=1S/C15H24O5/c1-5-19-13(17)12(14(18)20-6-2)11-9-10(16)7-8-15(11,3)4/h11-12H,5-9H2,1-4H3. The SMILES string of the molecule is CCOC(=O)C(C(=O)OCC)C1CC(=O)CCC1(C)C. The summed E-state index contributed by atoms with van der Waals surface area (Å²) in [6.45, 7) is 7.76. The highest BCUT2D eigenvalue weighted by molar-refractivity contribution is 5.96. The topological polar surface area (TPSA) is 69.7 Å². The number of hydrogen-bond acceptors (Lipinski definition) is 5. The second-order valence-electron chi connectivity index (χ2n) is 5.82. The highest BCUT2D eigenvalue weighted by atomic mass is 16.6. The van der Waals surface area contributed by atoms with Gasteiger partial charge in [-0.25, -0.2) is 0 Å². The number of Topliss-reactive ketones (excluding diaryl/α,β-unsaturated/α-hetero) is 1. The molecule has 114 valence electrons. The van der Waals surface area contributed by atoms with Crippen LogP contribution in [0.1, 0.15) is 47.0 Å². The first-order chi connectivity index (χ1) is 9.33. The molecule has 0 bridgehead atoms. The molecule has 5 heteroatoms. The van der Waals surface area contributed by atoms with Crippen molar-refractivity contribution in [2.45, 2.75) is 47.0 Å². The summed E-state index contributed by atoms with van der Waals surface area (Å²) in [4.78, 5) is 36.0. The molecule has 0 amide bonds. The first kappa shape index (κ1) is 16.7. The maximum atomic E-state index is 12.1. The predicted octanol–water partition coefficient (Wildman–Crippen LogP) is 2.12. The molecule has 1 fully saturated rings. The van der Waals surface area contributed by atoms with E-state index >= 15 is 0 Å². The molecule has 0 saturated heterocycles. The summed E-state index contributed by atoms with van der Waals surface area (Å²) < 4.78 is 10.0. The Bertz CT molecular complexity index is 368. The molecule has 0 spiro atoms. The number of carbonyl (C=O) groups is 3. The van der Waals surface area contributed by atoms with E-state index in [0.29, 0.717) is 12.8 Å². The van der Waals surface area contributed by atoms with Gasteiger partial charge in [0.1, 0.15) is 5.78 Å². The van der Waals surface area contributed by atoms with Gasteiger partial charge in [-0.1, -0.05) is 13.8 Å². The van der Waals surface area contributed by atoms with Crippen LogP contribution >= 0.6 is 0 Å². The van der Waals surface area contributed by atoms with Gasteiger partial charge in [-0.15, -0.1) is 0 Å². The summed E-state index contributed by atoms with van der Waals surface area (Å²) in [5.74, 6) is -2.44. The second-order valence-corrected chi connectivity index (χ2v) is 5.82. The van der Waals surface area contributed by atoms with Crippen molar-refractivity contribution in [3.8, 4) is 0 Å². The number of rotatable bonds is 5. The molecule has 20 heavy (non-hydrogen) atoms. The molecular weight excluding hydrogens is 260 g/mol. The van der Waals surface area contributed by atoms with Gasteiger partial charge in [0.25, 0.3) is 0 Å². The Morgan fingerprint density at radius 1 is 1.20 bits per heavy atom. The lowest BCUT2D eigenvalue weighted by atomic mass is 9.63. The quantitative estimate of drug-likeness (QED) is 0.571. The molecular formula is C15H24O5. The van der Waals surface area contributed by atoms with Crippen LogP contribution in [0.2, 0.25) is 0 Å². The molecule has 0 aromatic carbocycles. The van der Waals surface area contributed by atoms with E-state index in [4.69, 9.17) is 9.47 Å². The van der Waals surface area contributed by atoms with Crippen LogP contribution in [0.15, 0.2) is 0 Å². The molecule has 0 aromatic rings. The predicted molar refractivity (Wildman–Crippen MR) is 72.9 cm³/mol. The lowest BCUT2D eigenvalue weighted by Gasteiger charge is -2.40. The summed E-state index contributed by atoms with van der Waals surface area (Å²) in [5.41, 5.74) is -0.266. The van der Waals surface area contributed by atoms with Crippen LogP contribution in [0.3, 0.4) is 0 Å². The largest absolute Gasteiger partial charge is 0.465 e. The molecule has 1 aliphatic carbocycles. The Morgan fingerprint density at radius 3 is 2.15 bits per heavy atom. The van der Waals surface area contributed by atoms with Gasteiger partial charge in [0.05, 0.1) is 13.2 Å². The Kier molecular flexibility index (Phi) is 5.72. The molecule has 0 aromatic heterocycles. The summed E-state index contributed by atoms with van der Waals surface area (Å²) in [7, 11) is 0. The minimum absolute atomic E-state index is 0.0907. The molecule has 1 aliphatic rings. The van der Waals surface area contributed by atoms with Gasteiger partial charge in [0, 0.05) is 12.8 Å². The van der Waals surface area contributed by atoms with Gasteiger partial charge in [0.15, 0.2) is 5.92 Å². The molecule has 1 saturated carbocycles. The van der Waals surface area contributed by atoms with Crippen LogP contribution in [0.25, 0.3) is 0 Å². The van der Waals surface area contributed by atoms with E-state index in [0.717, 1.165) is 0 Å². The van der Waals surface area contributed by atoms with Crippen LogP contribution in [-0.2, 0) is 23.9 Å². The highest BCUT2D eigenvalue weighted by Gasteiger charge is 2.47. The summed E-state index contributed by atoms with van der Waals surface area (Å²) >= 11 is 0. The molecule has 1 atom stereocenters. The van der Waals surface area contributed by atoms with Crippen LogP contribution in [0.5, 0.6) is 0 Å². The normalized spacial score (nSPS) is 21.6. The number of ketones is 1. The summed E-state index contributed by atoms with van der Waals surface area (Å²) in [6, 6.07) is 0. The fraction of sp³-hybridized carbons (Fsp3) is 0.800. The first-order valence-electron chi connectivity index (χ1n) is 7.18. The molecule has 0 radical (unpaired) electrons. The number of hydrogen-bond donors (Lipinski definition) is 0. The Labute approximate surface area is 120 Å². The molecule has 0 aliphatic heterocycles. The Morgan fingerprint density at radius 2 is 1.70 bits per heavy atom. The fourth-order valence-corrected chi connectivity index (χ4v) is 2.73. The van der Waals surface area contributed by atoms with Crippen molar-refractivity contribution < 1.29 is 23.9 Å². The lowest BCUT2D eigenvalue weighted by molar-refractivity contribution is -0.168. The van der Waals surface area contributed by atoms with E-state index in [1.54, 1.807) is 13.8 Å². The number of esters is 2. The van der Waals surface area contributed by atoms with E-state index in [2.05, 4.69) is 0 Å². The minimum Gasteiger partial charge on any atom is -0.465 e. The van der Waals surface area contributed by atoms with Gasteiger partial charge in [-0.3, -0.25) is 14.4 Å². The maximum Gasteiger partial charge on any atom is 0.320 e. The average molecular weight is 284 g/mol. The fourth-order valence-electron chi connectivity index (χ4n) is 2.73.